The summed E-state index contributed by atoms with van der Waals surface area (Å²) in [7, 11) is 1.58. The Hall–Kier alpha value is -1.29. The molecule has 0 unspecified atom stereocenters. The lowest BCUT2D eigenvalue weighted by Gasteiger charge is -2.08. The zero-order chi connectivity index (χ0) is 11.3. The van der Waals surface area contributed by atoms with E-state index in [1.807, 2.05) is 0 Å². The van der Waals surface area contributed by atoms with Gasteiger partial charge >= 0.3 is 0 Å². The van der Waals surface area contributed by atoms with E-state index >= 15 is 0 Å². The minimum absolute atomic E-state index is 0. The van der Waals surface area contributed by atoms with Crippen LogP contribution >= 0.6 is 12.4 Å². The third kappa shape index (κ3) is 3.70. The highest BCUT2D eigenvalue weighted by atomic mass is 35.5. The lowest BCUT2D eigenvalue weighted by Crippen LogP contribution is -2.13. The maximum absolute atomic E-state index is 10.9. The van der Waals surface area contributed by atoms with Crippen LogP contribution in [0.25, 0.3) is 0 Å². The number of halogens is 1. The number of nitrogens with two attached hydrogens (primary N) is 1. The summed E-state index contributed by atoms with van der Waals surface area (Å²) in [5.74, 6) is 0.155. The van der Waals surface area contributed by atoms with Gasteiger partial charge in [-0.3, -0.25) is 9.78 Å². The molecule has 5 heteroatoms. The van der Waals surface area contributed by atoms with Crippen molar-refractivity contribution in [2.45, 2.75) is 26.2 Å². The normalized spacial score (nSPS) is 9.38. The number of methoxy groups -OCH3 is 1. The summed E-state index contributed by atoms with van der Waals surface area (Å²) in [4.78, 5) is 14.9. The number of carbonyl (C=O) groups excluding carboxylic acids is 1. The second-order valence-corrected chi connectivity index (χ2v) is 3.35. The Labute approximate surface area is 102 Å². The van der Waals surface area contributed by atoms with Gasteiger partial charge in [-0.1, -0.05) is 13.3 Å². The van der Waals surface area contributed by atoms with Gasteiger partial charge in [0.05, 0.1) is 7.11 Å². The molecule has 0 spiro atoms. The molecule has 0 aliphatic carbocycles. The van der Waals surface area contributed by atoms with E-state index in [0.717, 1.165) is 24.8 Å². The van der Waals surface area contributed by atoms with E-state index in [0.29, 0.717) is 5.75 Å². The van der Waals surface area contributed by atoms with E-state index in [1.165, 1.54) is 0 Å². The summed E-state index contributed by atoms with van der Waals surface area (Å²) in [5, 5.41) is 0. The molecule has 0 bridgehead atoms. The molecule has 90 valence electrons. The lowest BCUT2D eigenvalue weighted by molar-refractivity contribution is 0.0995. The van der Waals surface area contributed by atoms with Crippen LogP contribution in [0.4, 0.5) is 0 Å². The van der Waals surface area contributed by atoms with Crippen molar-refractivity contribution in [2.75, 3.05) is 7.11 Å². The van der Waals surface area contributed by atoms with E-state index in [1.54, 1.807) is 19.4 Å². The Morgan fingerprint density at radius 2 is 2.25 bits per heavy atom. The highest BCUT2D eigenvalue weighted by molar-refractivity contribution is 5.91. The number of hydrogen-bond acceptors (Lipinski definition) is 3. The van der Waals surface area contributed by atoms with Crippen LogP contribution < -0.4 is 10.5 Å². The minimum atomic E-state index is -0.532. The number of pyridine rings is 1. The van der Waals surface area contributed by atoms with Crippen molar-refractivity contribution in [3.8, 4) is 5.75 Å². The van der Waals surface area contributed by atoms with Gasteiger partial charge < -0.3 is 10.5 Å². The number of primary amides is 1. The van der Waals surface area contributed by atoms with E-state index in [4.69, 9.17) is 10.5 Å². The van der Waals surface area contributed by atoms with Crippen molar-refractivity contribution in [1.29, 1.82) is 0 Å². The molecule has 0 fully saturated rings. The van der Waals surface area contributed by atoms with Gasteiger partial charge in [0.2, 0.25) is 0 Å². The number of ether oxygens (including phenoxy) is 1. The van der Waals surface area contributed by atoms with Crippen molar-refractivity contribution < 1.29 is 9.53 Å². The van der Waals surface area contributed by atoms with E-state index in [2.05, 4.69) is 11.9 Å². The highest BCUT2D eigenvalue weighted by Crippen LogP contribution is 2.20. The first-order valence-corrected chi connectivity index (χ1v) is 5.01. The second-order valence-electron chi connectivity index (χ2n) is 3.35. The number of aryl methyl sites for hydroxylation is 1. The summed E-state index contributed by atoms with van der Waals surface area (Å²) in [5.41, 5.74) is 6.39. The number of amides is 1. The van der Waals surface area contributed by atoms with Gasteiger partial charge in [-0.15, -0.1) is 12.4 Å². The Balaban J connectivity index is 0.00000225. The Morgan fingerprint density at radius 1 is 1.56 bits per heavy atom. The third-order valence-electron chi connectivity index (χ3n) is 2.22. The summed E-state index contributed by atoms with van der Waals surface area (Å²) < 4.78 is 5.19. The van der Waals surface area contributed by atoms with Gasteiger partial charge in [-0.2, -0.15) is 0 Å². The van der Waals surface area contributed by atoms with Crippen molar-refractivity contribution in [2.24, 2.45) is 5.73 Å². The first-order chi connectivity index (χ1) is 7.19. The summed E-state index contributed by atoms with van der Waals surface area (Å²) in [6.07, 6.45) is 4.76. The zero-order valence-electron chi connectivity index (χ0n) is 9.53. The number of rotatable bonds is 5. The predicted octanol–water partition coefficient (Wildman–Crippen LogP) is 1.95. The van der Waals surface area contributed by atoms with Gasteiger partial charge in [-0.05, 0) is 12.8 Å². The van der Waals surface area contributed by atoms with Gasteiger partial charge in [0.15, 0.2) is 0 Å². The number of aromatic nitrogens is 1. The van der Waals surface area contributed by atoms with Crippen LogP contribution in [0.5, 0.6) is 5.75 Å². The number of unbranched alkanes of at least 4 members (excludes halogenated alkanes) is 1. The van der Waals surface area contributed by atoms with Crippen molar-refractivity contribution in [3.63, 3.8) is 0 Å². The Bertz CT molecular complexity index is 356. The van der Waals surface area contributed by atoms with Crippen LogP contribution in [0.2, 0.25) is 0 Å². The van der Waals surface area contributed by atoms with Gasteiger partial charge in [0.25, 0.3) is 5.91 Å². The average Bonchev–Trinajstić information content (AvgIpc) is 2.25. The standard InChI is InChI=1S/C11H16N2O2.ClH/c1-3-4-5-8-7-13-9(11(12)14)6-10(8)15-2;/h6-7H,3-5H2,1-2H3,(H2,12,14);1H. The SMILES string of the molecule is CCCCc1cnc(C(N)=O)cc1OC.Cl. The van der Waals surface area contributed by atoms with Gasteiger partial charge in [0.1, 0.15) is 11.4 Å². The number of nitrogens with zero attached hydrogens (tertiary/aromatic N) is 1. The molecule has 1 rings (SSSR count). The fourth-order valence-corrected chi connectivity index (χ4v) is 1.34. The van der Waals surface area contributed by atoms with Crippen LogP contribution in [0.15, 0.2) is 12.3 Å². The predicted molar refractivity (Wildman–Crippen MR) is 65.2 cm³/mol. The molecule has 0 aliphatic heterocycles. The number of hydrogen-bond donors (Lipinski definition) is 1. The molecule has 0 aromatic carbocycles. The van der Waals surface area contributed by atoms with Crippen molar-refractivity contribution in [1.82, 2.24) is 4.98 Å². The van der Waals surface area contributed by atoms with Crippen LogP contribution in [-0.2, 0) is 6.42 Å². The summed E-state index contributed by atoms with van der Waals surface area (Å²) >= 11 is 0. The fraction of sp³-hybridized carbons (Fsp3) is 0.455. The fourth-order valence-electron chi connectivity index (χ4n) is 1.34. The molecule has 0 saturated carbocycles. The van der Waals surface area contributed by atoms with Crippen molar-refractivity contribution >= 4 is 18.3 Å². The second kappa shape index (κ2) is 7.06. The zero-order valence-corrected chi connectivity index (χ0v) is 10.3. The molecule has 1 heterocycles. The van der Waals surface area contributed by atoms with E-state index in [-0.39, 0.29) is 18.1 Å². The van der Waals surface area contributed by atoms with E-state index in [9.17, 15) is 4.79 Å². The lowest BCUT2D eigenvalue weighted by atomic mass is 10.1. The average molecular weight is 245 g/mol. The first-order valence-electron chi connectivity index (χ1n) is 5.01. The molecule has 4 nitrogen and oxygen atoms in total. The molecule has 0 atom stereocenters. The van der Waals surface area contributed by atoms with Gasteiger partial charge in [0, 0.05) is 17.8 Å². The summed E-state index contributed by atoms with van der Waals surface area (Å²) in [6.45, 7) is 2.12. The number of carbonyl (C=O) groups is 1. The largest absolute Gasteiger partial charge is 0.496 e. The Kier molecular flexibility index (Phi) is 6.49. The molecule has 0 aliphatic rings. The smallest absolute Gasteiger partial charge is 0.267 e. The molecule has 0 radical (unpaired) electrons. The van der Waals surface area contributed by atoms with Crippen LogP contribution in [0.3, 0.4) is 0 Å². The van der Waals surface area contributed by atoms with Crippen LogP contribution in [0, 0.1) is 0 Å². The molecule has 1 aromatic rings. The Morgan fingerprint density at radius 3 is 2.75 bits per heavy atom. The maximum atomic E-state index is 10.9. The van der Waals surface area contributed by atoms with Crippen molar-refractivity contribution in [3.05, 3.63) is 23.5 Å². The minimum Gasteiger partial charge on any atom is -0.496 e. The monoisotopic (exact) mass is 244 g/mol. The molecule has 1 amide bonds. The molecule has 1 aromatic heterocycles. The quantitative estimate of drug-likeness (QED) is 0.861. The van der Waals surface area contributed by atoms with Gasteiger partial charge in [-0.25, -0.2) is 0 Å². The molecule has 16 heavy (non-hydrogen) atoms. The molecule has 0 saturated heterocycles. The third-order valence-corrected chi connectivity index (χ3v) is 2.22. The molecule has 2 N–H and O–H groups in total. The van der Waals surface area contributed by atoms with E-state index < -0.39 is 5.91 Å². The van der Waals surface area contributed by atoms with Crippen LogP contribution in [-0.4, -0.2) is 18.0 Å². The first kappa shape index (κ1) is 14.7. The summed E-state index contributed by atoms with van der Waals surface area (Å²) in [6, 6.07) is 1.59. The highest BCUT2D eigenvalue weighted by Gasteiger charge is 2.08. The molecular weight excluding hydrogens is 228 g/mol. The maximum Gasteiger partial charge on any atom is 0.267 e. The van der Waals surface area contributed by atoms with Crippen LogP contribution in [0.1, 0.15) is 35.8 Å². The molecular formula is C11H17ClN2O2. The topological polar surface area (TPSA) is 65.2 Å².